The monoisotopic (exact) mass is 719 g/mol. The number of hydrogen-bond acceptors (Lipinski definition) is 9. The van der Waals surface area contributed by atoms with Crippen molar-refractivity contribution in [3.8, 4) is 0 Å². The van der Waals surface area contributed by atoms with Crippen LogP contribution in [-0.4, -0.2) is 61.3 Å². The van der Waals surface area contributed by atoms with Crippen molar-refractivity contribution >= 4 is 23.5 Å². The first-order valence-electron chi connectivity index (χ1n) is 16.8. The van der Waals surface area contributed by atoms with Crippen molar-refractivity contribution in [3.05, 3.63) is 138 Å². The Labute approximate surface area is 300 Å². The maximum absolute atomic E-state index is 14.6. The Morgan fingerprint density at radius 2 is 1.31 bits per heavy atom. The molecule has 0 N–H and O–H groups in total. The molecule has 1 unspecified atom stereocenters. The Hall–Kier alpha value is -5.04. The number of aryl methyl sites for hydroxylation is 1. The van der Waals surface area contributed by atoms with Gasteiger partial charge in [0.25, 0.3) is 5.90 Å². The second-order valence-corrected chi connectivity index (χ2v) is 12.1. The Morgan fingerprint density at radius 3 is 1.88 bits per heavy atom. The number of nitrogens with zero attached hydrogens (tertiary/aromatic N) is 1. The summed E-state index contributed by atoms with van der Waals surface area (Å²) < 4.78 is 79.9. The number of hydrogen-bond donors (Lipinski definition) is 0. The summed E-state index contributed by atoms with van der Waals surface area (Å²) in [6.45, 7) is 1.89. The summed E-state index contributed by atoms with van der Waals surface area (Å²) in [6, 6.07) is 35.3. The number of alkyl halides is 3. The van der Waals surface area contributed by atoms with Crippen LogP contribution in [0.3, 0.4) is 0 Å². The molecule has 4 aromatic rings. The van der Waals surface area contributed by atoms with E-state index in [1.165, 1.54) is 38.1 Å². The van der Waals surface area contributed by atoms with Gasteiger partial charge >= 0.3 is 18.1 Å². The minimum absolute atomic E-state index is 0.000828. The molecule has 9 nitrogen and oxygen atoms in total. The number of halogens is 3. The van der Waals surface area contributed by atoms with Crippen molar-refractivity contribution in [1.29, 1.82) is 0 Å². The predicted octanol–water partition coefficient (Wildman–Crippen LogP) is 7.86. The molecule has 0 aromatic heterocycles. The second-order valence-electron chi connectivity index (χ2n) is 12.1. The van der Waals surface area contributed by atoms with Gasteiger partial charge in [-0.3, -0.25) is 9.59 Å². The number of para-hydroxylation sites is 1. The van der Waals surface area contributed by atoms with E-state index in [0.717, 1.165) is 16.7 Å². The predicted molar refractivity (Wildman–Crippen MR) is 185 cm³/mol. The van der Waals surface area contributed by atoms with Gasteiger partial charge in [0.1, 0.15) is 18.8 Å². The summed E-state index contributed by atoms with van der Waals surface area (Å²) in [5.74, 6) is -3.04. The van der Waals surface area contributed by atoms with Crippen LogP contribution in [-0.2, 0) is 51.0 Å². The molecule has 1 saturated heterocycles. The SMILES string of the molecule is CC(=O)OC[C@H]1O[C@H](OC(=Nc2ccccc2)C(F)(F)F)[C@H](OC(CCc2ccccc2)c2ccccc2)[C@@H](OC(C)=O)[C@@H]1OCc1ccccc1. The molecule has 0 radical (unpaired) electrons. The minimum Gasteiger partial charge on any atom is -0.463 e. The van der Waals surface area contributed by atoms with Crippen LogP contribution in [0.4, 0.5) is 18.9 Å². The Balaban J connectivity index is 1.58. The summed E-state index contributed by atoms with van der Waals surface area (Å²) in [6.07, 6.45) is -12.1. The number of esters is 2. The van der Waals surface area contributed by atoms with Gasteiger partial charge in [0, 0.05) is 13.8 Å². The standard InChI is InChI=1S/C40H40F3NO8/c1-27(45)47-26-34-35(48-25-30-17-9-4-10-18-30)36(49-28(2)46)37(38(51-34)52-39(40(41,42)43)44-32-21-13-6-14-22-32)50-33(31-19-11-5-12-20-31)24-23-29-15-7-3-8-16-29/h3-22,33-38H,23-26H2,1-2H3/t33?,34-,35-,36+,37-,38-/m1/s1. The molecule has 1 aliphatic heterocycles. The molecule has 1 heterocycles. The highest BCUT2D eigenvalue weighted by Gasteiger charge is 2.54. The van der Waals surface area contributed by atoms with Crippen LogP contribution in [0.15, 0.2) is 126 Å². The third kappa shape index (κ3) is 11.2. The van der Waals surface area contributed by atoms with Crippen LogP contribution >= 0.6 is 0 Å². The molecule has 5 rings (SSSR count). The third-order valence-electron chi connectivity index (χ3n) is 8.12. The highest BCUT2D eigenvalue weighted by atomic mass is 19.4. The van der Waals surface area contributed by atoms with Crippen molar-refractivity contribution in [1.82, 2.24) is 0 Å². The number of rotatable bonds is 14. The van der Waals surface area contributed by atoms with Gasteiger partial charge in [-0.25, -0.2) is 4.99 Å². The van der Waals surface area contributed by atoms with Crippen LogP contribution in [0.25, 0.3) is 0 Å². The van der Waals surface area contributed by atoms with Crippen molar-refractivity contribution in [2.45, 2.75) is 76.3 Å². The molecule has 274 valence electrons. The highest BCUT2D eigenvalue weighted by molar-refractivity contribution is 5.84. The van der Waals surface area contributed by atoms with Crippen LogP contribution in [0.5, 0.6) is 0 Å². The Morgan fingerprint density at radius 1 is 0.731 bits per heavy atom. The average Bonchev–Trinajstić information content (AvgIpc) is 3.13. The number of aliphatic imine (C=N–C) groups is 1. The van der Waals surface area contributed by atoms with Crippen molar-refractivity contribution in [2.24, 2.45) is 4.99 Å². The first-order valence-corrected chi connectivity index (χ1v) is 16.8. The zero-order valence-electron chi connectivity index (χ0n) is 28.7. The van der Waals surface area contributed by atoms with Crippen molar-refractivity contribution in [3.63, 3.8) is 0 Å². The number of carbonyl (C=O) groups excluding carboxylic acids is 2. The van der Waals surface area contributed by atoms with Crippen molar-refractivity contribution < 1.29 is 51.2 Å². The smallest absolute Gasteiger partial charge is 0.463 e. The van der Waals surface area contributed by atoms with E-state index < -0.39 is 67.4 Å². The van der Waals surface area contributed by atoms with Crippen LogP contribution in [0.1, 0.15) is 43.1 Å². The molecule has 52 heavy (non-hydrogen) atoms. The summed E-state index contributed by atoms with van der Waals surface area (Å²) >= 11 is 0. The van der Waals surface area contributed by atoms with Crippen LogP contribution < -0.4 is 0 Å². The Bertz CT molecular complexity index is 1730. The summed E-state index contributed by atoms with van der Waals surface area (Å²) in [4.78, 5) is 28.5. The fourth-order valence-electron chi connectivity index (χ4n) is 5.74. The van der Waals surface area contributed by atoms with Gasteiger partial charge in [0.2, 0.25) is 6.29 Å². The topological polar surface area (TPSA) is 102 Å². The normalized spacial score (nSPS) is 21.2. The fourth-order valence-corrected chi connectivity index (χ4v) is 5.74. The highest BCUT2D eigenvalue weighted by Crippen LogP contribution is 2.36. The molecule has 0 bridgehead atoms. The maximum atomic E-state index is 14.6. The van der Waals surface area contributed by atoms with Gasteiger partial charge in [-0.2, -0.15) is 13.2 Å². The van der Waals surface area contributed by atoms with Gasteiger partial charge in [-0.05, 0) is 41.7 Å². The average molecular weight is 720 g/mol. The van der Waals surface area contributed by atoms with Crippen molar-refractivity contribution in [2.75, 3.05) is 6.61 Å². The van der Waals surface area contributed by atoms with Gasteiger partial charge in [-0.1, -0.05) is 109 Å². The van der Waals surface area contributed by atoms with Gasteiger partial charge in [-0.15, -0.1) is 0 Å². The summed E-state index contributed by atoms with van der Waals surface area (Å²) in [7, 11) is 0. The van der Waals surface area contributed by atoms with E-state index in [0.29, 0.717) is 12.8 Å². The lowest BCUT2D eigenvalue weighted by atomic mass is 9.96. The lowest BCUT2D eigenvalue weighted by Gasteiger charge is -2.46. The van der Waals surface area contributed by atoms with E-state index in [1.54, 1.807) is 6.07 Å². The van der Waals surface area contributed by atoms with Crippen LogP contribution in [0, 0.1) is 0 Å². The van der Waals surface area contributed by atoms with E-state index in [-0.39, 0.29) is 12.3 Å². The quantitative estimate of drug-likeness (QED) is 0.0738. The zero-order chi connectivity index (χ0) is 36.9. The molecular weight excluding hydrogens is 679 g/mol. The first-order chi connectivity index (χ1) is 25.1. The molecule has 6 atom stereocenters. The molecule has 0 spiro atoms. The number of ether oxygens (including phenoxy) is 6. The zero-order valence-corrected chi connectivity index (χ0v) is 28.7. The molecule has 0 saturated carbocycles. The molecule has 1 fully saturated rings. The van der Waals surface area contributed by atoms with E-state index in [1.807, 2.05) is 91.0 Å². The lowest BCUT2D eigenvalue weighted by molar-refractivity contribution is -0.313. The number of carbonyl (C=O) groups is 2. The van der Waals surface area contributed by atoms with E-state index in [4.69, 9.17) is 28.4 Å². The largest absolute Gasteiger partial charge is 0.468 e. The molecule has 1 aliphatic rings. The molecule has 12 heteroatoms. The maximum Gasteiger partial charge on any atom is 0.468 e. The first kappa shape index (κ1) is 38.2. The molecule has 0 aliphatic carbocycles. The Kier molecular flexibility index (Phi) is 13.6. The lowest BCUT2D eigenvalue weighted by Crippen LogP contribution is -2.63. The van der Waals surface area contributed by atoms with E-state index in [9.17, 15) is 22.8 Å². The minimum atomic E-state index is -5.07. The summed E-state index contributed by atoms with van der Waals surface area (Å²) in [5.41, 5.74) is 2.46. The fraction of sp³-hybridized carbons (Fsp3) is 0.325. The summed E-state index contributed by atoms with van der Waals surface area (Å²) in [5, 5.41) is 0. The number of benzene rings is 4. The van der Waals surface area contributed by atoms with Crippen LogP contribution in [0.2, 0.25) is 0 Å². The van der Waals surface area contributed by atoms with Gasteiger partial charge < -0.3 is 28.4 Å². The van der Waals surface area contributed by atoms with E-state index in [2.05, 4.69) is 4.99 Å². The third-order valence-corrected chi connectivity index (χ3v) is 8.12. The van der Waals surface area contributed by atoms with Gasteiger partial charge in [0.05, 0.1) is 18.4 Å². The molecule has 4 aromatic carbocycles. The van der Waals surface area contributed by atoms with E-state index >= 15 is 0 Å². The molecule has 0 amide bonds. The second kappa shape index (κ2) is 18.5. The molecular formula is C40H40F3NO8. The van der Waals surface area contributed by atoms with Gasteiger partial charge in [0.15, 0.2) is 12.2 Å².